The molecular weight excluding hydrogens is 246 g/mol. The van der Waals surface area contributed by atoms with Gasteiger partial charge >= 0.3 is 0 Å². The lowest BCUT2D eigenvalue weighted by Crippen LogP contribution is -2.39. The first-order chi connectivity index (χ1) is 8.68. The molecule has 1 unspecified atom stereocenters. The van der Waals surface area contributed by atoms with Crippen LogP contribution in [0.15, 0.2) is 24.3 Å². The summed E-state index contributed by atoms with van der Waals surface area (Å²) in [6.45, 7) is 3.76. The fourth-order valence-electron chi connectivity index (χ4n) is 2.88. The van der Waals surface area contributed by atoms with Crippen molar-refractivity contribution in [2.24, 2.45) is 5.73 Å². The third kappa shape index (κ3) is 2.87. The summed E-state index contributed by atoms with van der Waals surface area (Å²) in [7, 11) is 0. The lowest BCUT2D eigenvalue weighted by atomic mass is 9.70. The highest BCUT2D eigenvalue weighted by atomic mass is 35.5. The van der Waals surface area contributed by atoms with E-state index in [-0.39, 0.29) is 11.5 Å². The quantitative estimate of drug-likeness (QED) is 0.906. The van der Waals surface area contributed by atoms with Crippen molar-refractivity contribution in [1.29, 1.82) is 0 Å². The number of benzene rings is 1. The van der Waals surface area contributed by atoms with Gasteiger partial charge in [-0.25, -0.2) is 0 Å². The van der Waals surface area contributed by atoms with Crippen LogP contribution >= 0.6 is 11.6 Å². The zero-order valence-electron chi connectivity index (χ0n) is 11.0. The van der Waals surface area contributed by atoms with Crippen LogP contribution in [0.5, 0.6) is 0 Å². The second kappa shape index (κ2) is 6.05. The van der Waals surface area contributed by atoms with Crippen molar-refractivity contribution in [1.82, 2.24) is 0 Å². The van der Waals surface area contributed by atoms with Gasteiger partial charge in [-0.2, -0.15) is 0 Å². The van der Waals surface area contributed by atoms with Crippen molar-refractivity contribution in [2.45, 2.75) is 44.1 Å². The maximum absolute atomic E-state index is 6.39. The largest absolute Gasteiger partial charge is 0.381 e. The number of nitrogens with two attached hydrogens (primary N) is 1. The second-order valence-electron chi connectivity index (χ2n) is 5.25. The Morgan fingerprint density at radius 2 is 2.00 bits per heavy atom. The van der Waals surface area contributed by atoms with Crippen LogP contribution in [0.2, 0.25) is 5.02 Å². The van der Waals surface area contributed by atoms with Crippen LogP contribution in [0.3, 0.4) is 0 Å². The van der Waals surface area contributed by atoms with Crippen LogP contribution in [0.1, 0.15) is 38.2 Å². The minimum atomic E-state index is 0.103. The highest BCUT2D eigenvalue weighted by Crippen LogP contribution is 2.42. The van der Waals surface area contributed by atoms with E-state index < -0.39 is 0 Å². The van der Waals surface area contributed by atoms with Gasteiger partial charge < -0.3 is 10.5 Å². The monoisotopic (exact) mass is 267 g/mol. The fourth-order valence-corrected chi connectivity index (χ4v) is 3.22. The van der Waals surface area contributed by atoms with Crippen molar-refractivity contribution in [3.63, 3.8) is 0 Å². The van der Waals surface area contributed by atoms with E-state index in [2.05, 4.69) is 19.1 Å². The van der Waals surface area contributed by atoms with Gasteiger partial charge in [0, 0.05) is 29.7 Å². The first kappa shape index (κ1) is 13.9. The van der Waals surface area contributed by atoms with Crippen LogP contribution in [-0.4, -0.2) is 19.3 Å². The molecule has 2 nitrogen and oxygen atoms in total. The molecule has 0 radical (unpaired) electrons. The summed E-state index contributed by atoms with van der Waals surface area (Å²) in [5.41, 5.74) is 7.54. The van der Waals surface area contributed by atoms with Gasteiger partial charge in [0.2, 0.25) is 0 Å². The molecule has 0 aromatic heterocycles. The molecule has 1 saturated heterocycles. The first-order valence-corrected chi connectivity index (χ1v) is 7.14. The van der Waals surface area contributed by atoms with Gasteiger partial charge in [0.05, 0.1) is 0 Å². The summed E-state index contributed by atoms with van der Waals surface area (Å²) in [6, 6.07) is 8.41. The number of hydrogen-bond acceptors (Lipinski definition) is 2. The molecule has 1 heterocycles. The SMILES string of the molecule is CCC(N)CC1(c2ccccc2Cl)CCOCC1. The van der Waals surface area contributed by atoms with E-state index in [4.69, 9.17) is 22.1 Å². The van der Waals surface area contributed by atoms with E-state index in [1.165, 1.54) is 5.56 Å². The topological polar surface area (TPSA) is 35.2 Å². The molecule has 1 atom stereocenters. The van der Waals surface area contributed by atoms with Gasteiger partial charge in [-0.15, -0.1) is 0 Å². The van der Waals surface area contributed by atoms with Crippen LogP contribution in [0.25, 0.3) is 0 Å². The van der Waals surface area contributed by atoms with Crippen molar-refractivity contribution in [3.8, 4) is 0 Å². The number of ether oxygens (including phenoxy) is 1. The Balaban J connectivity index is 2.32. The maximum atomic E-state index is 6.39. The highest BCUT2D eigenvalue weighted by Gasteiger charge is 2.36. The predicted octanol–water partition coefficient (Wildman–Crippen LogP) is 3.52. The Hall–Kier alpha value is -0.570. The summed E-state index contributed by atoms with van der Waals surface area (Å²) in [4.78, 5) is 0. The minimum Gasteiger partial charge on any atom is -0.381 e. The molecule has 0 bridgehead atoms. The van der Waals surface area contributed by atoms with Crippen LogP contribution in [0, 0.1) is 0 Å². The maximum Gasteiger partial charge on any atom is 0.0474 e. The van der Waals surface area contributed by atoms with Crippen molar-refractivity contribution < 1.29 is 4.74 Å². The molecule has 0 amide bonds. The molecule has 1 aliphatic rings. The molecule has 18 heavy (non-hydrogen) atoms. The molecule has 2 rings (SSSR count). The Kier molecular flexibility index (Phi) is 4.66. The van der Waals surface area contributed by atoms with Gasteiger partial charge in [-0.3, -0.25) is 0 Å². The lowest BCUT2D eigenvalue weighted by molar-refractivity contribution is 0.0442. The van der Waals surface area contributed by atoms with Crippen LogP contribution in [-0.2, 0) is 10.2 Å². The Labute approximate surface area is 114 Å². The van der Waals surface area contributed by atoms with Crippen LogP contribution in [0.4, 0.5) is 0 Å². The molecule has 0 spiro atoms. The molecule has 2 N–H and O–H groups in total. The van der Waals surface area contributed by atoms with Gasteiger partial charge in [0.25, 0.3) is 0 Å². The zero-order chi connectivity index (χ0) is 13.0. The van der Waals surface area contributed by atoms with Crippen LogP contribution < -0.4 is 5.73 Å². The van der Waals surface area contributed by atoms with E-state index >= 15 is 0 Å². The summed E-state index contributed by atoms with van der Waals surface area (Å²) in [6.07, 6.45) is 4.04. The van der Waals surface area contributed by atoms with Gasteiger partial charge in [0.15, 0.2) is 0 Å². The van der Waals surface area contributed by atoms with Crippen molar-refractivity contribution in [2.75, 3.05) is 13.2 Å². The smallest absolute Gasteiger partial charge is 0.0474 e. The zero-order valence-corrected chi connectivity index (χ0v) is 11.7. The molecule has 0 saturated carbocycles. The molecule has 3 heteroatoms. The first-order valence-electron chi connectivity index (χ1n) is 6.76. The molecule has 1 aliphatic heterocycles. The third-order valence-corrected chi connectivity index (χ3v) is 4.40. The van der Waals surface area contributed by atoms with E-state index in [1.807, 2.05) is 12.1 Å². The summed E-state index contributed by atoms with van der Waals surface area (Å²) in [5.74, 6) is 0. The van der Waals surface area contributed by atoms with E-state index in [9.17, 15) is 0 Å². The molecule has 100 valence electrons. The number of hydrogen-bond donors (Lipinski definition) is 1. The van der Waals surface area contributed by atoms with Crippen molar-refractivity contribution >= 4 is 11.6 Å². The van der Waals surface area contributed by atoms with E-state index in [0.717, 1.165) is 43.9 Å². The Morgan fingerprint density at radius 1 is 1.33 bits per heavy atom. The second-order valence-corrected chi connectivity index (χ2v) is 5.65. The van der Waals surface area contributed by atoms with Gasteiger partial charge in [0.1, 0.15) is 0 Å². The molecule has 1 aromatic rings. The third-order valence-electron chi connectivity index (χ3n) is 4.07. The Bertz CT molecular complexity index is 388. The summed E-state index contributed by atoms with van der Waals surface area (Å²) in [5, 5.41) is 0.864. The standard InChI is InChI=1S/C15H22ClNO/c1-2-12(17)11-15(7-9-18-10-8-15)13-5-3-4-6-14(13)16/h3-6,12H,2,7-11,17H2,1H3. The minimum absolute atomic E-state index is 0.103. The van der Waals surface area contributed by atoms with Gasteiger partial charge in [-0.1, -0.05) is 36.7 Å². The molecular formula is C15H22ClNO. The normalized spacial score (nSPS) is 20.6. The average molecular weight is 268 g/mol. The Morgan fingerprint density at radius 3 is 2.61 bits per heavy atom. The van der Waals surface area contributed by atoms with Gasteiger partial charge in [-0.05, 0) is 37.3 Å². The number of rotatable bonds is 4. The fraction of sp³-hybridized carbons (Fsp3) is 0.600. The summed E-state index contributed by atoms with van der Waals surface area (Å²) >= 11 is 6.39. The lowest BCUT2D eigenvalue weighted by Gasteiger charge is -2.40. The van der Waals surface area contributed by atoms with E-state index in [0.29, 0.717) is 0 Å². The van der Waals surface area contributed by atoms with Crippen molar-refractivity contribution in [3.05, 3.63) is 34.9 Å². The predicted molar refractivity (Wildman–Crippen MR) is 76.1 cm³/mol. The van der Waals surface area contributed by atoms with E-state index in [1.54, 1.807) is 0 Å². The molecule has 1 aromatic carbocycles. The average Bonchev–Trinajstić information content (AvgIpc) is 2.40. The molecule has 0 aliphatic carbocycles. The molecule has 1 fully saturated rings. The summed E-state index contributed by atoms with van der Waals surface area (Å²) < 4.78 is 5.52. The highest BCUT2D eigenvalue weighted by molar-refractivity contribution is 6.31. The number of halogens is 1.